The van der Waals surface area contributed by atoms with Crippen molar-refractivity contribution in [2.45, 2.75) is 44.0 Å². The molecule has 1 aromatic heterocycles. The summed E-state index contributed by atoms with van der Waals surface area (Å²) in [5.74, 6) is -3.44. The smallest absolute Gasteiger partial charge is 0.383 e. The van der Waals surface area contributed by atoms with Crippen LogP contribution in [-0.4, -0.2) is 92.3 Å². The minimum atomic E-state index is -5.24. The lowest BCUT2D eigenvalue weighted by molar-refractivity contribution is -0.261. The zero-order valence-corrected chi connectivity index (χ0v) is 21.8. The van der Waals surface area contributed by atoms with Gasteiger partial charge in [-0.2, -0.15) is 18.3 Å². The molecule has 10 nitrogen and oxygen atoms in total. The van der Waals surface area contributed by atoms with E-state index in [-0.39, 0.29) is 36.8 Å². The lowest BCUT2D eigenvalue weighted by atomic mass is 9.98. The molecule has 3 amide bonds. The Morgan fingerprint density at radius 3 is 2.49 bits per heavy atom. The molecule has 1 saturated heterocycles. The number of aliphatic hydroxyl groups is 1. The molecule has 0 radical (unpaired) electrons. The number of amides is 3. The molecule has 2 heterocycles. The van der Waals surface area contributed by atoms with E-state index in [2.05, 4.69) is 5.10 Å². The van der Waals surface area contributed by atoms with Gasteiger partial charge in [-0.3, -0.25) is 14.4 Å². The van der Waals surface area contributed by atoms with Crippen molar-refractivity contribution in [3.63, 3.8) is 0 Å². The Morgan fingerprint density at radius 1 is 1.23 bits per heavy atom. The van der Waals surface area contributed by atoms with Crippen LogP contribution in [0.4, 0.5) is 23.4 Å². The van der Waals surface area contributed by atoms with Gasteiger partial charge in [-0.05, 0) is 50.5 Å². The zero-order chi connectivity index (χ0) is 29.0. The highest BCUT2D eigenvalue weighted by atomic mass is 35.5. The van der Waals surface area contributed by atoms with Crippen molar-refractivity contribution in [2.24, 2.45) is 0 Å². The Balaban J connectivity index is 1.77. The van der Waals surface area contributed by atoms with E-state index in [4.69, 9.17) is 17.3 Å². The third-order valence-electron chi connectivity index (χ3n) is 6.56. The van der Waals surface area contributed by atoms with Crippen LogP contribution in [0.15, 0.2) is 30.5 Å². The third kappa shape index (κ3) is 6.61. The molecule has 1 aliphatic rings. The first-order chi connectivity index (χ1) is 18.3. The molecule has 39 heavy (non-hydrogen) atoms. The molecule has 0 spiro atoms. The number of rotatable bonds is 9. The highest BCUT2D eigenvalue weighted by Gasteiger charge is 2.55. The van der Waals surface area contributed by atoms with E-state index in [0.29, 0.717) is 18.5 Å². The first-order valence-electron chi connectivity index (χ1n) is 12.1. The molecule has 1 unspecified atom stereocenters. The highest BCUT2D eigenvalue weighted by Crippen LogP contribution is 2.32. The summed E-state index contributed by atoms with van der Waals surface area (Å²) in [5.41, 5.74) is 2.45. The van der Waals surface area contributed by atoms with Gasteiger partial charge in [0.15, 0.2) is 5.60 Å². The maximum absolute atomic E-state index is 14.1. The maximum atomic E-state index is 14.1. The average Bonchev–Trinajstić information content (AvgIpc) is 3.30. The molecular weight excluding hydrogens is 548 g/mol. The van der Waals surface area contributed by atoms with Crippen LogP contribution < -0.4 is 11.1 Å². The Kier molecular flexibility index (Phi) is 9.43. The number of anilines is 1. The van der Waals surface area contributed by atoms with Crippen LogP contribution in [-0.2, 0) is 9.59 Å². The number of carbonyl (C=O) groups excluding carboxylic acids is 3. The van der Waals surface area contributed by atoms with Crippen molar-refractivity contribution < 1.29 is 37.1 Å². The topological polar surface area (TPSA) is 134 Å². The molecule has 3 rings (SSSR count). The van der Waals surface area contributed by atoms with Gasteiger partial charge in [-0.25, -0.2) is 9.07 Å². The van der Waals surface area contributed by atoms with Crippen LogP contribution in [0.5, 0.6) is 0 Å². The zero-order valence-electron chi connectivity index (χ0n) is 21.0. The number of alkyl halides is 4. The number of nitrogen functional groups attached to an aromatic ring is 1. The van der Waals surface area contributed by atoms with Crippen molar-refractivity contribution >= 4 is 35.1 Å². The van der Waals surface area contributed by atoms with Gasteiger partial charge in [0.25, 0.3) is 5.91 Å². The summed E-state index contributed by atoms with van der Waals surface area (Å²) in [6, 6.07) is 3.95. The summed E-state index contributed by atoms with van der Waals surface area (Å²) in [4.78, 5) is 40.2. The maximum Gasteiger partial charge on any atom is 0.420 e. The number of likely N-dealkylation sites (N-methyl/N-ethyl adjacent to an activating group) is 1. The molecule has 1 fully saturated rings. The average molecular weight is 577 g/mol. The number of nitrogens with one attached hydrogen (secondary N) is 1. The van der Waals surface area contributed by atoms with Crippen molar-refractivity contribution in [1.29, 1.82) is 0 Å². The number of likely N-dealkylation sites (tertiary alicyclic amines) is 1. The normalized spacial score (nSPS) is 17.4. The van der Waals surface area contributed by atoms with E-state index in [1.54, 1.807) is 0 Å². The number of nitrogens with zero attached hydrogens (tertiary/aromatic N) is 4. The number of carbonyl (C=O) groups is 3. The summed E-state index contributed by atoms with van der Waals surface area (Å²) in [6.07, 6.45) is -2.76. The largest absolute Gasteiger partial charge is 0.420 e. The van der Waals surface area contributed by atoms with E-state index < -0.39 is 54.4 Å². The molecule has 0 aliphatic carbocycles. The quantitative estimate of drug-likeness (QED) is 0.309. The van der Waals surface area contributed by atoms with Crippen LogP contribution in [0, 0.1) is 5.82 Å². The van der Waals surface area contributed by atoms with E-state index in [9.17, 15) is 37.1 Å². The molecule has 15 heteroatoms. The van der Waals surface area contributed by atoms with E-state index in [1.165, 1.54) is 24.0 Å². The van der Waals surface area contributed by atoms with Gasteiger partial charge in [0.1, 0.15) is 29.1 Å². The van der Waals surface area contributed by atoms with Gasteiger partial charge in [-0.15, -0.1) is 11.6 Å². The second-order valence-electron chi connectivity index (χ2n) is 9.13. The minimum absolute atomic E-state index is 0.192. The van der Waals surface area contributed by atoms with Crippen LogP contribution in [0.1, 0.15) is 36.5 Å². The molecule has 2 atom stereocenters. The van der Waals surface area contributed by atoms with Gasteiger partial charge in [0.2, 0.25) is 11.8 Å². The Bertz CT molecular complexity index is 1190. The van der Waals surface area contributed by atoms with Gasteiger partial charge in [0, 0.05) is 13.1 Å². The molecule has 0 bridgehead atoms. The predicted octanol–water partition coefficient (Wildman–Crippen LogP) is 2.09. The number of hydrogen-bond donors (Lipinski definition) is 3. The first-order valence-corrected chi connectivity index (χ1v) is 12.7. The van der Waals surface area contributed by atoms with Crippen LogP contribution in [0.3, 0.4) is 0 Å². The first kappa shape index (κ1) is 30.2. The van der Waals surface area contributed by atoms with Crippen LogP contribution in [0.25, 0.3) is 5.69 Å². The van der Waals surface area contributed by atoms with Gasteiger partial charge < -0.3 is 26.0 Å². The van der Waals surface area contributed by atoms with E-state index in [0.717, 1.165) is 27.9 Å². The van der Waals surface area contributed by atoms with Gasteiger partial charge in [0.05, 0.1) is 25.0 Å². The molecule has 0 saturated carbocycles. The van der Waals surface area contributed by atoms with Crippen LogP contribution >= 0.6 is 11.6 Å². The Labute approximate surface area is 226 Å². The number of piperidine rings is 1. The fourth-order valence-corrected chi connectivity index (χ4v) is 4.48. The standard InChI is InChI=1S/C24H29ClF4N6O4/c1-2-33(22(38)18-5-3-4-10-34(18)19(36)11-25)14-23(39,24(27,28)29)13-31-21(37)17-12-32-35(20(17)30)16-8-6-15(26)7-9-16/h6-9,12,18,39H,2-5,10-11,13-14,30H2,1H3,(H,31,37)/t18-,23?/m1/s1. The number of aromatic nitrogens is 2. The number of halogens is 5. The van der Waals surface area contributed by atoms with Gasteiger partial charge in [-0.1, -0.05) is 0 Å². The number of hydrogen-bond acceptors (Lipinski definition) is 6. The highest BCUT2D eigenvalue weighted by molar-refractivity contribution is 6.27. The van der Waals surface area contributed by atoms with Crippen molar-refractivity contribution in [2.75, 3.05) is 37.8 Å². The van der Waals surface area contributed by atoms with Crippen molar-refractivity contribution in [1.82, 2.24) is 24.9 Å². The monoisotopic (exact) mass is 576 g/mol. The van der Waals surface area contributed by atoms with E-state index in [1.807, 2.05) is 5.32 Å². The number of benzene rings is 1. The summed E-state index contributed by atoms with van der Waals surface area (Å²) in [7, 11) is 0. The van der Waals surface area contributed by atoms with Gasteiger partial charge >= 0.3 is 6.18 Å². The summed E-state index contributed by atoms with van der Waals surface area (Å²) in [5, 5.41) is 16.6. The second kappa shape index (κ2) is 12.2. The Morgan fingerprint density at radius 2 is 1.90 bits per heavy atom. The fraction of sp³-hybridized carbons (Fsp3) is 0.500. The second-order valence-corrected chi connectivity index (χ2v) is 9.40. The molecule has 1 aliphatic heterocycles. The number of nitrogens with two attached hydrogens (primary N) is 1. The predicted molar refractivity (Wildman–Crippen MR) is 134 cm³/mol. The fourth-order valence-electron chi connectivity index (χ4n) is 4.32. The summed E-state index contributed by atoms with van der Waals surface area (Å²) < 4.78 is 56.5. The minimum Gasteiger partial charge on any atom is -0.383 e. The molecule has 2 aromatic rings. The van der Waals surface area contributed by atoms with Crippen LogP contribution in [0.2, 0.25) is 0 Å². The van der Waals surface area contributed by atoms with E-state index >= 15 is 0 Å². The summed E-state index contributed by atoms with van der Waals surface area (Å²) >= 11 is 5.64. The molecule has 4 N–H and O–H groups in total. The summed E-state index contributed by atoms with van der Waals surface area (Å²) in [6.45, 7) is -0.992. The SMILES string of the molecule is CCN(CC(O)(CNC(=O)c1cnn(-c2ccc(F)cc2)c1N)C(F)(F)F)C(=O)[C@H]1CCCCN1C(=O)CCl. The molecule has 214 valence electrons. The molecule has 1 aromatic carbocycles. The Hall–Kier alpha value is -3.39. The van der Waals surface area contributed by atoms with Crippen molar-refractivity contribution in [3.05, 3.63) is 41.8 Å². The lowest BCUT2D eigenvalue weighted by Crippen LogP contribution is -2.62. The van der Waals surface area contributed by atoms with Crippen molar-refractivity contribution in [3.8, 4) is 5.69 Å². The molecular formula is C24H29ClF4N6O4. The lowest BCUT2D eigenvalue weighted by Gasteiger charge is -2.40. The third-order valence-corrected chi connectivity index (χ3v) is 6.79.